The third-order valence-corrected chi connectivity index (χ3v) is 5.11. The van der Waals surface area contributed by atoms with E-state index in [0.717, 1.165) is 25.1 Å². The number of nitriles is 1. The molecule has 4 rings (SSSR count). The van der Waals surface area contributed by atoms with Crippen molar-refractivity contribution in [3.63, 3.8) is 0 Å². The molecule has 0 unspecified atom stereocenters. The fraction of sp³-hybridized carbons (Fsp3) is 0.350. The minimum Gasteiger partial charge on any atom is -0.366 e. The van der Waals surface area contributed by atoms with Crippen molar-refractivity contribution in [1.29, 1.82) is 5.26 Å². The number of anilines is 1. The van der Waals surface area contributed by atoms with Crippen LogP contribution in [0.2, 0.25) is 0 Å². The molecule has 0 spiro atoms. The third kappa shape index (κ3) is 3.22. The standard InChI is InChI=1S/C20H19F2N3/c21-17-6-13(9-23)7-18(22)20(17)25-11-14(12-25)10-24-19-8-16(19)15-4-2-1-3-5-15/h1-7,14,16,19,24H,8,10-12H2/t16-,19+/m0/s1. The molecule has 1 aliphatic heterocycles. The highest BCUT2D eigenvalue weighted by molar-refractivity contribution is 5.54. The Bertz CT molecular complexity index is 786. The summed E-state index contributed by atoms with van der Waals surface area (Å²) in [6, 6.07) is 15.0. The van der Waals surface area contributed by atoms with Gasteiger partial charge in [0.25, 0.3) is 0 Å². The third-order valence-electron chi connectivity index (χ3n) is 5.11. The highest BCUT2D eigenvalue weighted by Crippen LogP contribution is 2.41. The van der Waals surface area contributed by atoms with Gasteiger partial charge in [-0.1, -0.05) is 30.3 Å². The van der Waals surface area contributed by atoms with Gasteiger partial charge in [-0.3, -0.25) is 0 Å². The Morgan fingerprint density at radius 1 is 1.12 bits per heavy atom. The highest BCUT2D eigenvalue weighted by Gasteiger charge is 2.39. The van der Waals surface area contributed by atoms with Crippen LogP contribution < -0.4 is 10.2 Å². The van der Waals surface area contributed by atoms with Crippen molar-refractivity contribution in [2.75, 3.05) is 24.5 Å². The predicted octanol–water partition coefficient (Wildman–Crippen LogP) is 3.42. The Morgan fingerprint density at radius 2 is 1.80 bits per heavy atom. The molecule has 2 fully saturated rings. The lowest BCUT2D eigenvalue weighted by molar-refractivity contribution is 0.374. The van der Waals surface area contributed by atoms with Crippen LogP contribution in [-0.4, -0.2) is 25.7 Å². The van der Waals surface area contributed by atoms with Crippen molar-refractivity contribution >= 4 is 5.69 Å². The van der Waals surface area contributed by atoms with Crippen molar-refractivity contribution in [2.24, 2.45) is 5.92 Å². The van der Waals surface area contributed by atoms with Crippen LogP contribution in [-0.2, 0) is 0 Å². The van der Waals surface area contributed by atoms with Gasteiger partial charge in [-0.05, 0) is 24.1 Å². The van der Waals surface area contributed by atoms with Gasteiger partial charge < -0.3 is 10.2 Å². The minimum atomic E-state index is -0.658. The topological polar surface area (TPSA) is 39.1 Å². The van der Waals surface area contributed by atoms with E-state index in [-0.39, 0.29) is 11.3 Å². The van der Waals surface area contributed by atoms with Crippen molar-refractivity contribution in [1.82, 2.24) is 5.32 Å². The van der Waals surface area contributed by atoms with Crippen LogP contribution in [0.3, 0.4) is 0 Å². The lowest BCUT2D eigenvalue weighted by Crippen LogP contribution is -2.51. The van der Waals surface area contributed by atoms with Gasteiger partial charge in [-0.25, -0.2) is 8.78 Å². The largest absolute Gasteiger partial charge is 0.366 e. The van der Waals surface area contributed by atoms with E-state index in [1.165, 1.54) is 5.56 Å². The van der Waals surface area contributed by atoms with E-state index in [4.69, 9.17) is 5.26 Å². The summed E-state index contributed by atoms with van der Waals surface area (Å²) in [7, 11) is 0. The average molecular weight is 339 g/mol. The van der Waals surface area contributed by atoms with Crippen LogP contribution >= 0.6 is 0 Å². The van der Waals surface area contributed by atoms with Crippen molar-refractivity contribution < 1.29 is 8.78 Å². The van der Waals surface area contributed by atoms with Gasteiger partial charge in [0.1, 0.15) is 5.69 Å². The van der Waals surface area contributed by atoms with Crippen LogP contribution in [0.15, 0.2) is 42.5 Å². The summed E-state index contributed by atoms with van der Waals surface area (Å²) in [6.45, 7) is 2.13. The summed E-state index contributed by atoms with van der Waals surface area (Å²) >= 11 is 0. The maximum atomic E-state index is 14.0. The van der Waals surface area contributed by atoms with Crippen LogP contribution in [0.25, 0.3) is 0 Å². The minimum absolute atomic E-state index is 0.0103. The molecule has 1 saturated heterocycles. The molecule has 0 amide bonds. The average Bonchev–Trinajstić information content (AvgIpc) is 3.35. The quantitative estimate of drug-likeness (QED) is 0.907. The molecule has 0 bridgehead atoms. The first-order valence-electron chi connectivity index (χ1n) is 8.58. The molecule has 5 heteroatoms. The maximum Gasteiger partial charge on any atom is 0.150 e. The van der Waals surface area contributed by atoms with E-state index in [1.807, 2.05) is 6.07 Å². The molecule has 1 heterocycles. The van der Waals surface area contributed by atoms with Gasteiger partial charge in [-0.15, -0.1) is 0 Å². The zero-order valence-corrected chi connectivity index (χ0v) is 13.8. The molecule has 2 aliphatic rings. The first-order chi connectivity index (χ1) is 12.2. The van der Waals surface area contributed by atoms with Gasteiger partial charge in [0.2, 0.25) is 0 Å². The van der Waals surface area contributed by atoms with Gasteiger partial charge in [-0.2, -0.15) is 5.26 Å². The SMILES string of the molecule is N#Cc1cc(F)c(N2CC(CN[C@@H]3C[C@H]3c3ccccc3)C2)c(F)c1. The number of nitrogens with zero attached hydrogens (tertiary/aromatic N) is 2. The molecule has 25 heavy (non-hydrogen) atoms. The van der Waals surface area contributed by atoms with Crippen LogP contribution in [0.1, 0.15) is 23.5 Å². The monoisotopic (exact) mass is 339 g/mol. The van der Waals surface area contributed by atoms with Crippen LogP contribution in [0.5, 0.6) is 0 Å². The number of benzene rings is 2. The molecule has 3 nitrogen and oxygen atoms in total. The summed E-state index contributed by atoms with van der Waals surface area (Å²) < 4.78 is 28.0. The van der Waals surface area contributed by atoms with E-state index in [0.29, 0.717) is 31.0 Å². The first-order valence-corrected chi connectivity index (χ1v) is 8.58. The molecule has 2 aromatic carbocycles. The Kier molecular flexibility index (Phi) is 4.14. The van der Waals surface area contributed by atoms with Crippen molar-refractivity contribution in [3.05, 3.63) is 65.2 Å². The van der Waals surface area contributed by atoms with Gasteiger partial charge in [0, 0.05) is 37.5 Å². The van der Waals surface area contributed by atoms with E-state index < -0.39 is 11.6 Å². The van der Waals surface area contributed by atoms with Gasteiger partial charge >= 0.3 is 0 Å². The fourth-order valence-electron chi connectivity index (χ4n) is 3.62. The van der Waals surface area contributed by atoms with E-state index in [9.17, 15) is 8.78 Å². The van der Waals surface area contributed by atoms with E-state index >= 15 is 0 Å². The van der Waals surface area contributed by atoms with Crippen molar-refractivity contribution in [3.8, 4) is 6.07 Å². The fourth-order valence-corrected chi connectivity index (χ4v) is 3.62. The molecule has 1 aliphatic carbocycles. The highest BCUT2D eigenvalue weighted by atomic mass is 19.1. The lowest BCUT2D eigenvalue weighted by atomic mass is 9.98. The zero-order valence-electron chi connectivity index (χ0n) is 13.8. The van der Waals surface area contributed by atoms with Crippen LogP contribution in [0, 0.1) is 28.9 Å². The molecule has 2 aromatic rings. The molecule has 1 saturated carbocycles. The Labute approximate surface area is 145 Å². The Hall–Kier alpha value is -2.45. The summed E-state index contributed by atoms with van der Waals surface area (Å²) in [5.41, 5.74) is 1.37. The molecule has 0 radical (unpaired) electrons. The predicted molar refractivity (Wildman–Crippen MR) is 92.4 cm³/mol. The number of halogens is 2. The maximum absolute atomic E-state index is 14.0. The smallest absolute Gasteiger partial charge is 0.150 e. The Morgan fingerprint density at radius 3 is 2.44 bits per heavy atom. The second-order valence-electron chi connectivity index (χ2n) is 6.94. The molecule has 0 aromatic heterocycles. The Balaban J connectivity index is 1.27. The number of hydrogen-bond donors (Lipinski definition) is 1. The number of rotatable bonds is 5. The number of nitrogens with one attached hydrogen (secondary N) is 1. The second kappa shape index (κ2) is 6.45. The van der Waals surface area contributed by atoms with E-state index in [2.05, 4.69) is 29.6 Å². The molecule has 128 valence electrons. The summed E-state index contributed by atoms with van der Waals surface area (Å²) in [4.78, 5) is 1.71. The molecular formula is C20H19F2N3. The first kappa shape index (κ1) is 16.0. The summed E-state index contributed by atoms with van der Waals surface area (Å²) in [5, 5.41) is 12.3. The zero-order chi connectivity index (χ0) is 17.4. The second-order valence-corrected chi connectivity index (χ2v) is 6.94. The van der Waals surface area contributed by atoms with E-state index in [1.54, 1.807) is 11.0 Å². The molecule has 1 N–H and O–H groups in total. The normalized spacial score (nSPS) is 22.4. The lowest BCUT2D eigenvalue weighted by Gasteiger charge is -2.41. The van der Waals surface area contributed by atoms with Gasteiger partial charge in [0.05, 0.1) is 11.6 Å². The van der Waals surface area contributed by atoms with Crippen molar-refractivity contribution in [2.45, 2.75) is 18.4 Å². The summed E-state index contributed by atoms with van der Waals surface area (Å²) in [5.74, 6) is -0.333. The molecule has 2 atom stereocenters. The van der Waals surface area contributed by atoms with Gasteiger partial charge in [0.15, 0.2) is 11.6 Å². The van der Waals surface area contributed by atoms with Crippen LogP contribution in [0.4, 0.5) is 14.5 Å². The molecular weight excluding hydrogens is 320 g/mol. The number of hydrogen-bond acceptors (Lipinski definition) is 3. The summed E-state index contributed by atoms with van der Waals surface area (Å²) in [6.07, 6.45) is 1.15.